The van der Waals surface area contributed by atoms with Gasteiger partial charge in [0.1, 0.15) is 18.2 Å². The van der Waals surface area contributed by atoms with Crippen molar-refractivity contribution >= 4 is 11.8 Å². The van der Waals surface area contributed by atoms with Gasteiger partial charge in [-0.15, -0.1) is 10.2 Å². The van der Waals surface area contributed by atoms with Crippen LogP contribution < -0.4 is 0 Å². The van der Waals surface area contributed by atoms with Gasteiger partial charge in [0.2, 0.25) is 5.91 Å². The summed E-state index contributed by atoms with van der Waals surface area (Å²) in [5.74, 6) is 2.09. The van der Waals surface area contributed by atoms with Crippen molar-refractivity contribution in [3.63, 3.8) is 0 Å². The molecule has 0 radical (unpaired) electrons. The van der Waals surface area contributed by atoms with E-state index in [1.54, 1.807) is 17.9 Å². The van der Waals surface area contributed by atoms with Crippen molar-refractivity contribution in [3.05, 3.63) is 29.2 Å². The van der Waals surface area contributed by atoms with E-state index in [1.165, 1.54) is 7.11 Å². The molecule has 1 unspecified atom stereocenters. The van der Waals surface area contributed by atoms with Gasteiger partial charge in [-0.05, 0) is 26.2 Å². The summed E-state index contributed by atoms with van der Waals surface area (Å²) in [7, 11) is 1.53. The molecule has 2 aromatic heterocycles. The molecule has 1 atom stereocenters. The molecule has 10 nitrogen and oxygen atoms in total. The Bertz CT molecular complexity index is 891. The van der Waals surface area contributed by atoms with E-state index in [0.29, 0.717) is 44.1 Å². The third-order valence-corrected chi connectivity index (χ3v) is 5.58. The van der Waals surface area contributed by atoms with Crippen molar-refractivity contribution in [1.82, 2.24) is 29.7 Å². The topological polar surface area (TPSA) is 107 Å². The summed E-state index contributed by atoms with van der Waals surface area (Å²) < 4.78 is 12.2. The molecule has 2 aromatic rings. The van der Waals surface area contributed by atoms with E-state index in [9.17, 15) is 9.59 Å². The molecule has 1 saturated heterocycles. The van der Waals surface area contributed by atoms with Crippen LogP contribution in [0.2, 0.25) is 0 Å². The highest BCUT2D eigenvalue weighted by Gasteiger charge is 2.33. The second-order valence-electron chi connectivity index (χ2n) is 7.52. The largest absolute Gasteiger partial charge is 0.375 e. The fraction of sp³-hybridized carbons (Fsp3) is 0.632. The molecule has 0 N–H and O–H groups in total. The minimum Gasteiger partial charge on any atom is -0.375 e. The highest BCUT2D eigenvalue weighted by Crippen LogP contribution is 2.31. The number of amides is 2. The zero-order valence-electron chi connectivity index (χ0n) is 16.8. The Labute approximate surface area is 168 Å². The van der Waals surface area contributed by atoms with E-state index in [1.807, 2.05) is 4.90 Å². The molecule has 10 heteroatoms. The molecular formula is C19H26N6O4. The predicted octanol–water partition coefficient (Wildman–Crippen LogP) is 0.973. The second-order valence-corrected chi connectivity index (χ2v) is 7.52. The average molecular weight is 402 g/mol. The summed E-state index contributed by atoms with van der Waals surface area (Å²) in [6.45, 7) is 4.19. The zero-order chi connectivity index (χ0) is 20.4. The van der Waals surface area contributed by atoms with Crippen LogP contribution in [0.1, 0.15) is 53.2 Å². The summed E-state index contributed by atoms with van der Waals surface area (Å²) in [5, 5.41) is 12.6. The summed E-state index contributed by atoms with van der Waals surface area (Å²) in [5.41, 5.74) is 0.323. The molecule has 2 aliphatic heterocycles. The van der Waals surface area contributed by atoms with Crippen molar-refractivity contribution < 1.29 is 18.8 Å². The smallest absolute Gasteiger partial charge is 0.276 e. The van der Waals surface area contributed by atoms with Gasteiger partial charge in [0.05, 0.1) is 6.04 Å². The number of aromatic nitrogens is 4. The number of piperidine rings is 1. The van der Waals surface area contributed by atoms with E-state index in [2.05, 4.69) is 19.9 Å². The number of rotatable bonds is 4. The van der Waals surface area contributed by atoms with Gasteiger partial charge >= 0.3 is 0 Å². The van der Waals surface area contributed by atoms with Gasteiger partial charge in [-0.2, -0.15) is 0 Å². The molecule has 29 heavy (non-hydrogen) atoms. The van der Waals surface area contributed by atoms with Crippen molar-refractivity contribution in [2.24, 2.45) is 0 Å². The van der Waals surface area contributed by atoms with Crippen LogP contribution in [0.4, 0.5) is 0 Å². The summed E-state index contributed by atoms with van der Waals surface area (Å²) in [4.78, 5) is 28.9. The minimum absolute atomic E-state index is 0.0265. The summed E-state index contributed by atoms with van der Waals surface area (Å²) in [6, 6.07) is 1.55. The van der Waals surface area contributed by atoms with Crippen LogP contribution in [0.25, 0.3) is 0 Å². The number of likely N-dealkylation sites (tertiary alicyclic amines) is 1. The SMILES string of the molecule is COCC(=O)N1CCCCC1c1nnc2n1CCN(C(=O)c1cc(C)on1)CC2. The Morgan fingerprint density at radius 1 is 1.21 bits per heavy atom. The van der Waals surface area contributed by atoms with Gasteiger partial charge in [0.15, 0.2) is 11.5 Å². The highest BCUT2D eigenvalue weighted by molar-refractivity contribution is 5.92. The number of hydrogen-bond acceptors (Lipinski definition) is 7. The highest BCUT2D eigenvalue weighted by atomic mass is 16.5. The van der Waals surface area contributed by atoms with E-state index >= 15 is 0 Å². The average Bonchev–Trinajstić information content (AvgIpc) is 3.28. The first-order chi connectivity index (χ1) is 14.1. The molecule has 0 saturated carbocycles. The van der Waals surface area contributed by atoms with Crippen molar-refractivity contribution in [2.75, 3.05) is 33.4 Å². The lowest BCUT2D eigenvalue weighted by Gasteiger charge is -2.35. The fourth-order valence-electron chi connectivity index (χ4n) is 4.13. The van der Waals surface area contributed by atoms with Crippen LogP contribution in [0.5, 0.6) is 0 Å². The third-order valence-electron chi connectivity index (χ3n) is 5.58. The number of hydrogen-bond donors (Lipinski definition) is 0. The Balaban J connectivity index is 1.52. The lowest BCUT2D eigenvalue weighted by Crippen LogP contribution is -2.41. The quantitative estimate of drug-likeness (QED) is 0.750. The number of aryl methyl sites for hydroxylation is 1. The number of fused-ring (bicyclic) bond motifs is 1. The zero-order valence-corrected chi connectivity index (χ0v) is 16.8. The van der Waals surface area contributed by atoms with E-state index in [-0.39, 0.29) is 24.5 Å². The molecular weight excluding hydrogens is 376 g/mol. The maximum atomic E-state index is 12.7. The van der Waals surface area contributed by atoms with E-state index < -0.39 is 0 Å². The number of methoxy groups -OCH3 is 1. The fourth-order valence-corrected chi connectivity index (χ4v) is 4.13. The standard InChI is InChI=1S/C19H26N6O4/c1-13-11-14(22-29-13)19(27)23-8-6-16-20-21-18(25(16)10-9-23)15-5-3-4-7-24(15)17(26)12-28-2/h11,15H,3-10,12H2,1-2H3. The number of carbonyl (C=O) groups excluding carboxylic acids is 2. The summed E-state index contributed by atoms with van der Waals surface area (Å²) in [6.07, 6.45) is 3.48. The van der Waals surface area contributed by atoms with Gasteiger partial charge in [0.25, 0.3) is 5.91 Å². The van der Waals surface area contributed by atoms with Crippen molar-refractivity contribution in [1.29, 1.82) is 0 Å². The van der Waals surface area contributed by atoms with Gasteiger partial charge in [-0.3, -0.25) is 9.59 Å². The lowest BCUT2D eigenvalue weighted by molar-refractivity contribution is -0.139. The van der Waals surface area contributed by atoms with Crippen molar-refractivity contribution in [2.45, 2.75) is 45.2 Å². The Morgan fingerprint density at radius 3 is 2.83 bits per heavy atom. The molecule has 0 bridgehead atoms. The van der Waals surface area contributed by atoms with Crippen LogP contribution in [-0.2, 0) is 22.5 Å². The van der Waals surface area contributed by atoms with Crippen LogP contribution in [0.3, 0.4) is 0 Å². The number of carbonyl (C=O) groups is 2. The maximum absolute atomic E-state index is 12.7. The molecule has 2 amide bonds. The Morgan fingerprint density at radius 2 is 2.07 bits per heavy atom. The third kappa shape index (κ3) is 3.89. The van der Waals surface area contributed by atoms with E-state index in [0.717, 1.165) is 30.9 Å². The molecule has 4 rings (SSSR count). The minimum atomic E-state index is -0.142. The maximum Gasteiger partial charge on any atom is 0.276 e. The van der Waals surface area contributed by atoms with Gasteiger partial charge in [-0.25, -0.2) is 0 Å². The monoisotopic (exact) mass is 402 g/mol. The first-order valence-corrected chi connectivity index (χ1v) is 10.0. The first kappa shape index (κ1) is 19.6. The molecule has 4 heterocycles. The molecule has 0 aliphatic carbocycles. The molecule has 1 fully saturated rings. The molecule has 156 valence electrons. The molecule has 0 spiro atoms. The van der Waals surface area contributed by atoms with Crippen LogP contribution in [0, 0.1) is 6.92 Å². The van der Waals surface area contributed by atoms with Gasteiger partial charge in [-0.1, -0.05) is 5.16 Å². The van der Waals surface area contributed by atoms with Crippen LogP contribution in [-0.4, -0.2) is 74.9 Å². The number of nitrogens with zero attached hydrogens (tertiary/aromatic N) is 6. The Kier molecular flexibility index (Phi) is 5.61. The normalized spacial score (nSPS) is 19.7. The molecule has 2 aliphatic rings. The lowest BCUT2D eigenvalue weighted by atomic mass is 10.0. The summed E-state index contributed by atoms with van der Waals surface area (Å²) >= 11 is 0. The second kappa shape index (κ2) is 8.32. The Hall–Kier alpha value is -2.75. The van der Waals surface area contributed by atoms with Gasteiger partial charge < -0.3 is 23.6 Å². The van der Waals surface area contributed by atoms with Crippen LogP contribution >= 0.6 is 0 Å². The van der Waals surface area contributed by atoms with Crippen molar-refractivity contribution in [3.8, 4) is 0 Å². The number of ether oxygens (including phenoxy) is 1. The predicted molar refractivity (Wildman–Crippen MR) is 101 cm³/mol. The van der Waals surface area contributed by atoms with E-state index in [4.69, 9.17) is 9.26 Å². The first-order valence-electron chi connectivity index (χ1n) is 10.0. The van der Waals surface area contributed by atoms with Crippen LogP contribution in [0.15, 0.2) is 10.6 Å². The molecule has 0 aromatic carbocycles. The van der Waals surface area contributed by atoms with Gasteiger partial charge in [0, 0.05) is 45.8 Å².